The van der Waals surface area contributed by atoms with Crippen LogP contribution in [0.1, 0.15) is 12.0 Å². The molecule has 3 nitrogen and oxygen atoms in total. The van der Waals surface area contributed by atoms with Crippen molar-refractivity contribution in [2.24, 2.45) is 11.8 Å². The fourth-order valence-corrected chi connectivity index (χ4v) is 2.50. The molecule has 1 saturated carbocycles. The molecule has 1 aliphatic carbocycles. The Labute approximate surface area is 112 Å². The lowest BCUT2D eigenvalue weighted by Crippen LogP contribution is -2.21. The molecule has 1 aromatic rings. The number of nitrogens with one attached hydrogen (secondary N) is 1. The van der Waals surface area contributed by atoms with Gasteiger partial charge in [-0.1, -0.05) is 12.1 Å². The van der Waals surface area contributed by atoms with Crippen molar-refractivity contribution in [1.82, 2.24) is 5.32 Å². The van der Waals surface area contributed by atoms with Gasteiger partial charge in [0.25, 0.3) is 0 Å². The van der Waals surface area contributed by atoms with Gasteiger partial charge < -0.3 is 10.4 Å². The Balaban J connectivity index is 1.62. The maximum atomic E-state index is 10.7. The van der Waals surface area contributed by atoms with Crippen molar-refractivity contribution in [3.05, 3.63) is 29.8 Å². The molecule has 1 fully saturated rings. The van der Waals surface area contributed by atoms with Gasteiger partial charge in [0.1, 0.15) is 0 Å². The second kappa shape index (κ2) is 6.25. The Morgan fingerprint density at radius 3 is 2.72 bits per heavy atom. The van der Waals surface area contributed by atoms with Crippen molar-refractivity contribution in [3.63, 3.8) is 0 Å². The van der Waals surface area contributed by atoms with Gasteiger partial charge in [-0.25, -0.2) is 0 Å². The van der Waals surface area contributed by atoms with Crippen LogP contribution in [0, 0.1) is 11.8 Å². The molecule has 2 unspecified atom stereocenters. The third kappa shape index (κ3) is 3.75. The normalized spacial score (nSPS) is 21.8. The van der Waals surface area contributed by atoms with E-state index in [0.717, 1.165) is 25.9 Å². The lowest BCUT2D eigenvalue weighted by atomic mass is 10.1. The molecule has 0 radical (unpaired) electrons. The molecule has 0 bridgehead atoms. The summed E-state index contributed by atoms with van der Waals surface area (Å²) in [6, 6.07) is 8.60. The number of aliphatic carboxylic acids is 1. The van der Waals surface area contributed by atoms with Crippen LogP contribution in [0.25, 0.3) is 0 Å². The van der Waals surface area contributed by atoms with Crippen molar-refractivity contribution in [1.29, 1.82) is 0 Å². The summed E-state index contributed by atoms with van der Waals surface area (Å²) < 4.78 is 0. The molecule has 0 amide bonds. The number of rotatable bonds is 7. The van der Waals surface area contributed by atoms with E-state index >= 15 is 0 Å². The van der Waals surface area contributed by atoms with E-state index in [4.69, 9.17) is 5.11 Å². The first-order valence-corrected chi connectivity index (χ1v) is 7.49. The molecule has 0 aliphatic heterocycles. The fourth-order valence-electron chi connectivity index (χ4n) is 2.09. The first-order chi connectivity index (χ1) is 8.70. The van der Waals surface area contributed by atoms with Gasteiger partial charge in [-0.2, -0.15) is 0 Å². The molecule has 0 spiro atoms. The van der Waals surface area contributed by atoms with Crippen molar-refractivity contribution in [2.45, 2.75) is 17.7 Å². The van der Waals surface area contributed by atoms with Gasteiger partial charge in [0.15, 0.2) is 0 Å². The van der Waals surface area contributed by atoms with Crippen LogP contribution in [0.5, 0.6) is 0 Å². The standard InChI is InChI=1S/C14H19NO2S/c1-18-12-4-2-10(3-5-12)6-7-15-9-11-8-13(11)14(16)17/h2-5,11,13,15H,6-9H2,1H3,(H,16,17). The molecule has 98 valence electrons. The molecule has 0 aromatic heterocycles. The Bertz CT molecular complexity index is 405. The van der Waals surface area contributed by atoms with Crippen LogP contribution in [0.4, 0.5) is 0 Å². The van der Waals surface area contributed by atoms with E-state index in [-0.39, 0.29) is 5.92 Å². The van der Waals surface area contributed by atoms with E-state index in [1.807, 2.05) is 0 Å². The van der Waals surface area contributed by atoms with E-state index in [2.05, 4.69) is 35.8 Å². The quantitative estimate of drug-likeness (QED) is 0.586. The predicted molar refractivity (Wildman–Crippen MR) is 74.0 cm³/mol. The Kier molecular flexibility index (Phi) is 4.66. The van der Waals surface area contributed by atoms with Crippen LogP contribution in [-0.2, 0) is 11.2 Å². The first kappa shape index (κ1) is 13.4. The van der Waals surface area contributed by atoms with Crippen LogP contribution in [-0.4, -0.2) is 30.4 Å². The highest BCUT2D eigenvalue weighted by molar-refractivity contribution is 7.98. The minimum Gasteiger partial charge on any atom is -0.481 e. The van der Waals surface area contributed by atoms with E-state index in [1.54, 1.807) is 11.8 Å². The molecular weight excluding hydrogens is 246 g/mol. The second-order valence-electron chi connectivity index (χ2n) is 4.74. The second-order valence-corrected chi connectivity index (χ2v) is 5.62. The smallest absolute Gasteiger partial charge is 0.306 e. The topological polar surface area (TPSA) is 49.3 Å². The summed E-state index contributed by atoms with van der Waals surface area (Å²) in [5.41, 5.74) is 1.32. The molecule has 2 N–H and O–H groups in total. The molecule has 2 rings (SSSR count). The van der Waals surface area contributed by atoms with Gasteiger partial charge >= 0.3 is 5.97 Å². The monoisotopic (exact) mass is 265 g/mol. The van der Waals surface area contributed by atoms with Gasteiger partial charge in [-0.15, -0.1) is 11.8 Å². The highest BCUT2D eigenvalue weighted by Crippen LogP contribution is 2.37. The summed E-state index contributed by atoms with van der Waals surface area (Å²) in [6.45, 7) is 1.75. The van der Waals surface area contributed by atoms with Crippen molar-refractivity contribution < 1.29 is 9.90 Å². The lowest BCUT2D eigenvalue weighted by Gasteiger charge is -2.05. The molecule has 18 heavy (non-hydrogen) atoms. The van der Waals surface area contributed by atoms with Crippen LogP contribution in [0.2, 0.25) is 0 Å². The van der Waals surface area contributed by atoms with Crippen LogP contribution >= 0.6 is 11.8 Å². The summed E-state index contributed by atoms with van der Waals surface area (Å²) in [4.78, 5) is 11.9. The van der Waals surface area contributed by atoms with Gasteiger partial charge in [-0.3, -0.25) is 4.79 Å². The summed E-state index contributed by atoms with van der Waals surface area (Å²) >= 11 is 1.75. The average molecular weight is 265 g/mol. The minimum atomic E-state index is -0.644. The largest absolute Gasteiger partial charge is 0.481 e. The summed E-state index contributed by atoms with van der Waals surface area (Å²) in [5, 5.41) is 12.1. The molecule has 0 heterocycles. The van der Waals surface area contributed by atoms with E-state index in [9.17, 15) is 4.79 Å². The third-order valence-electron chi connectivity index (χ3n) is 3.40. The average Bonchev–Trinajstić information content (AvgIpc) is 3.15. The van der Waals surface area contributed by atoms with Crippen molar-refractivity contribution in [3.8, 4) is 0 Å². The van der Waals surface area contributed by atoms with Crippen molar-refractivity contribution in [2.75, 3.05) is 19.3 Å². The number of thioether (sulfide) groups is 1. The van der Waals surface area contributed by atoms with Gasteiger partial charge in [0.2, 0.25) is 0 Å². The zero-order valence-corrected chi connectivity index (χ0v) is 11.4. The maximum absolute atomic E-state index is 10.7. The number of hydrogen-bond donors (Lipinski definition) is 2. The Morgan fingerprint density at radius 2 is 2.17 bits per heavy atom. The maximum Gasteiger partial charge on any atom is 0.306 e. The summed E-state index contributed by atoms with van der Waals surface area (Å²) in [6.07, 6.45) is 3.91. The zero-order chi connectivity index (χ0) is 13.0. The van der Waals surface area contributed by atoms with Gasteiger partial charge in [0, 0.05) is 4.90 Å². The number of carbonyl (C=O) groups is 1. The van der Waals surface area contributed by atoms with Crippen LogP contribution in [0.15, 0.2) is 29.2 Å². The van der Waals surface area contributed by atoms with Crippen LogP contribution in [0.3, 0.4) is 0 Å². The van der Waals surface area contributed by atoms with Gasteiger partial charge in [0.05, 0.1) is 5.92 Å². The van der Waals surface area contributed by atoms with Crippen LogP contribution < -0.4 is 5.32 Å². The summed E-state index contributed by atoms with van der Waals surface area (Å²) in [5.74, 6) is -0.394. The number of hydrogen-bond acceptors (Lipinski definition) is 3. The van der Waals surface area contributed by atoms with E-state index < -0.39 is 5.97 Å². The first-order valence-electron chi connectivity index (χ1n) is 6.27. The highest BCUT2D eigenvalue weighted by Gasteiger charge is 2.42. The molecule has 0 saturated heterocycles. The summed E-state index contributed by atoms with van der Waals surface area (Å²) in [7, 11) is 0. The SMILES string of the molecule is CSc1ccc(CCNCC2CC2C(=O)O)cc1. The van der Waals surface area contributed by atoms with Gasteiger partial charge in [-0.05, 0) is 55.8 Å². The van der Waals surface area contributed by atoms with E-state index in [0.29, 0.717) is 5.92 Å². The molecule has 2 atom stereocenters. The highest BCUT2D eigenvalue weighted by atomic mass is 32.2. The molecule has 1 aromatic carbocycles. The molecular formula is C14H19NO2S. The fraction of sp³-hybridized carbons (Fsp3) is 0.500. The minimum absolute atomic E-state index is 0.0987. The molecule has 4 heteroatoms. The van der Waals surface area contributed by atoms with Crippen molar-refractivity contribution >= 4 is 17.7 Å². The third-order valence-corrected chi connectivity index (χ3v) is 4.14. The Morgan fingerprint density at radius 1 is 1.44 bits per heavy atom. The zero-order valence-electron chi connectivity index (χ0n) is 10.6. The van der Waals surface area contributed by atoms with E-state index in [1.165, 1.54) is 10.5 Å². The predicted octanol–water partition coefficient (Wildman–Crippen LogP) is 2.26. The lowest BCUT2D eigenvalue weighted by molar-refractivity contribution is -0.138. The Hall–Kier alpha value is -1.00. The number of carboxylic acid groups (broad SMARTS) is 1. The number of carboxylic acids is 1. The number of benzene rings is 1. The molecule has 1 aliphatic rings.